The Morgan fingerprint density at radius 3 is 2.59 bits per heavy atom. The van der Waals surface area contributed by atoms with Crippen molar-refractivity contribution >= 4 is 15.7 Å². The normalized spacial score (nSPS) is 21.1. The third-order valence-corrected chi connectivity index (χ3v) is 5.64. The van der Waals surface area contributed by atoms with Gasteiger partial charge in [-0.15, -0.1) is 0 Å². The molecule has 2 unspecified atom stereocenters. The van der Waals surface area contributed by atoms with Crippen molar-refractivity contribution in [1.29, 1.82) is 0 Å². The number of benzene rings is 1. The van der Waals surface area contributed by atoms with Crippen molar-refractivity contribution < 1.29 is 22.7 Å². The molecule has 1 heterocycles. The quantitative estimate of drug-likeness (QED) is 0.882. The minimum Gasteiger partial charge on any atom is -0.497 e. The van der Waals surface area contributed by atoms with E-state index in [9.17, 15) is 13.2 Å². The molecule has 1 aromatic carbocycles. The van der Waals surface area contributed by atoms with Crippen LogP contribution >= 0.6 is 0 Å². The molecule has 7 heteroatoms. The van der Waals surface area contributed by atoms with Crippen LogP contribution in [0.4, 0.5) is 0 Å². The average molecular weight is 327 g/mol. The van der Waals surface area contributed by atoms with Crippen LogP contribution in [0.2, 0.25) is 0 Å². The van der Waals surface area contributed by atoms with Crippen LogP contribution in [0.25, 0.3) is 0 Å². The molecule has 0 aromatic heterocycles. The van der Waals surface area contributed by atoms with Crippen LogP contribution < -0.4 is 14.8 Å². The number of hydrogen-bond acceptors (Lipinski definition) is 5. The second kappa shape index (κ2) is 6.56. The molecule has 0 spiro atoms. The van der Waals surface area contributed by atoms with Gasteiger partial charge in [0.1, 0.15) is 11.5 Å². The van der Waals surface area contributed by atoms with Crippen LogP contribution in [0.15, 0.2) is 18.2 Å². The highest BCUT2D eigenvalue weighted by molar-refractivity contribution is 7.91. The second-order valence-corrected chi connectivity index (χ2v) is 7.67. The Bertz CT molecular complexity index is 656. The van der Waals surface area contributed by atoms with Crippen LogP contribution in [0.3, 0.4) is 0 Å². The van der Waals surface area contributed by atoms with Gasteiger partial charge in [-0.05, 0) is 25.5 Å². The molecule has 6 nitrogen and oxygen atoms in total. The van der Waals surface area contributed by atoms with E-state index in [4.69, 9.17) is 9.47 Å². The Morgan fingerprint density at radius 2 is 2.05 bits per heavy atom. The van der Waals surface area contributed by atoms with E-state index >= 15 is 0 Å². The van der Waals surface area contributed by atoms with Gasteiger partial charge in [0, 0.05) is 11.6 Å². The molecule has 0 saturated carbocycles. The van der Waals surface area contributed by atoms with E-state index < -0.39 is 15.8 Å². The zero-order valence-corrected chi connectivity index (χ0v) is 13.8. The predicted octanol–water partition coefficient (Wildman–Crippen LogP) is 1.32. The van der Waals surface area contributed by atoms with Crippen LogP contribution in [-0.4, -0.2) is 40.1 Å². The molecule has 1 amide bonds. The zero-order valence-electron chi connectivity index (χ0n) is 13.0. The summed E-state index contributed by atoms with van der Waals surface area (Å²) < 4.78 is 33.4. The standard InChI is InChI=1S/C15H21NO5S/c1-10(13-5-4-12(20-2)8-14(13)21-3)16-15(17)11-6-7-22(18,19)9-11/h4-5,8,10-11H,6-7,9H2,1-3H3,(H,16,17). The molecular weight excluding hydrogens is 306 g/mol. The summed E-state index contributed by atoms with van der Waals surface area (Å²) in [5.41, 5.74) is 0.817. The van der Waals surface area contributed by atoms with E-state index in [1.54, 1.807) is 26.4 Å². The summed E-state index contributed by atoms with van der Waals surface area (Å²) >= 11 is 0. The largest absolute Gasteiger partial charge is 0.497 e. The molecule has 1 aromatic rings. The minimum absolute atomic E-state index is 0.0642. The zero-order chi connectivity index (χ0) is 16.3. The smallest absolute Gasteiger partial charge is 0.224 e. The van der Waals surface area contributed by atoms with Gasteiger partial charge >= 0.3 is 0 Å². The van der Waals surface area contributed by atoms with Crippen molar-refractivity contribution in [3.8, 4) is 11.5 Å². The topological polar surface area (TPSA) is 81.7 Å². The van der Waals surface area contributed by atoms with Gasteiger partial charge < -0.3 is 14.8 Å². The second-order valence-electron chi connectivity index (χ2n) is 5.44. The first-order chi connectivity index (χ1) is 10.4. The maximum Gasteiger partial charge on any atom is 0.224 e. The van der Waals surface area contributed by atoms with Crippen molar-refractivity contribution in [2.24, 2.45) is 5.92 Å². The van der Waals surface area contributed by atoms with Gasteiger partial charge in [-0.1, -0.05) is 0 Å². The van der Waals surface area contributed by atoms with Crippen LogP contribution in [0.5, 0.6) is 11.5 Å². The van der Waals surface area contributed by atoms with E-state index in [1.807, 2.05) is 13.0 Å². The lowest BCUT2D eigenvalue weighted by atomic mass is 10.0. The van der Waals surface area contributed by atoms with Crippen molar-refractivity contribution in [3.63, 3.8) is 0 Å². The van der Waals surface area contributed by atoms with Crippen molar-refractivity contribution in [2.75, 3.05) is 25.7 Å². The first-order valence-electron chi connectivity index (χ1n) is 7.09. The minimum atomic E-state index is -3.06. The summed E-state index contributed by atoms with van der Waals surface area (Å²) in [5, 5.41) is 2.86. The maximum absolute atomic E-state index is 12.2. The molecule has 0 bridgehead atoms. The molecule has 2 atom stereocenters. The number of carbonyl (C=O) groups is 1. The SMILES string of the molecule is COc1ccc(C(C)NC(=O)C2CCS(=O)(=O)C2)c(OC)c1. The van der Waals surface area contributed by atoms with Gasteiger partial charge in [-0.25, -0.2) is 8.42 Å². The van der Waals surface area contributed by atoms with Crippen molar-refractivity contribution in [3.05, 3.63) is 23.8 Å². The molecular formula is C15H21NO5S. The molecule has 1 N–H and O–H groups in total. The van der Waals surface area contributed by atoms with Gasteiger partial charge in [0.2, 0.25) is 5.91 Å². The highest BCUT2D eigenvalue weighted by Gasteiger charge is 2.33. The van der Waals surface area contributed by atoms with Gasteiger partial charge in [0.25, 0.3) is 0 Å². The number of nitrogens with one attached hydrogen (secondary N) is 1. The monoisotopic (exact) mass is 327 g/mol. The summed E-state index contributed by atoms with van der Waals surface area (Å²) in [6, 6.07) is 5.09. The Morgan fingerprint density at radius 1 is 1.32 bits per heavy atom. The van der Waals surface area contributed by atoms with E-state index in [1.165, 1.54) is 0 Å². The fourth-order valence-electron chi connectivity index (χ4n) is 2.59. The molecule has 22 heavy (non-hydrogen) atoms. The van der Waals surface area contributed by atoms with Gasteiger partial charge in [-0.3, -0.25) is 4.79 Å². The van der Waals surface area contributed by atoms with E-state index in [-0.39, 0.29) is 23.5 Å². The lowest BCUT2D eigenvalue weighted by Gasteiger charge is -2.19. The lowest BCUT2D eigenvalue weighted by molar-refractivity contribution is -0.124. The number of carbonyl (C=O) groups excluding carboxylic acids is 1. The highest BCUT2D eigenvalue weighted by Crippen LogP contribution is 2.30. The molecule has 2 rings (SSSR count). The Kier molecular flexibility index (Phi) is 4.95. The van der Waals surface area contributed by atoms with Crippen molar-refractivity contribution in [1.82, 2.24) is 5.32 Å². The Hall–Kier alpha value is -1.76. The third kappa shape index (κ3) is 3.71. The van der Waals surface area contributed by atoms with Gasteiger partial charge in [0.05, 0.1) is 37.7 Å². The number of hydrogen-bond donors (Lipinski definition) is 1. The maximum atomic E-state index is 12.2. The van der Waals surface area contributed by atoms with E-state index in [2.05, 4.69) is 5.32 Å². The lowest BCUT2D eigenvalue weighted by Crippen LogP contribution is -2.33. The first kappa shape index (κ1) is 16.6. The van der Waals surface area contributed by atoms with Crippen LogP contribution in [-0.2, 0) is 14.6 Å². The van der Waals surface area contributed by atoms with Crippen LogP contribution in [0.1, 0.15) is 24.9 Å². The summed E-state index contributed by atoms with van der Waals surface area (Å²) in [5.74, 6) is 0.617. The number of rotatable bonds is 5. The molecule has 0 radical (unpaired) electrons. The number of ether oxygens (including phenoxy) is 2. The summed E-state index contributed by atoms with van der Waals surface area (Å²) in [4.78, 5) is 12.2. The predicted molar refractivity (Wildman–Crippen MR) is 82.9 cm³/mol. The molecule has 0 aliphatic carbocycles. The van der Waals surface area contributed by atoms with E-state index in [0.29, 0.717) is 17.9 Å². The van der Waals surface area contributed by atoms with Crippen molar-refractivity contribution in [2.45, 2.75) is 19.4 Å². The van der Waals surface area contributed by atoms with Crippen LogP contribution in [0, 0.1) is 5.92 Å². The number of methoxy groups -OCH3 is 2. The fraction of sp³-hybridized carbons (Fsp3) is 0.533. The van der Waals surface area contributed by atoms with Gasteiger partial charge in [-0.2, -0.15) is 0 Å². The molecule has 1 saturated heterocycles. The average Bonchev–Trinajstić information content (AvgIpc) is 2.86. The third-order valence-electron chi connectivity index (χ3n) is 3.87. The summed E-state index contributed by atoms with van der Waals surface area (Å²) in [7, 11) is 0.0568. The summed E-state index contributed by atoms with van der Waals surface area (Å²) in [6.07, 6.45) is 0.390. The Balaban J connectivity index is 2.09. The Labute approximate surface area is 130 Å². The van der Waals surface area contributed by atoms with E-state index in [0.717, 1.165) is 5.56 Å². The van der Waals surface area contributed by atoms with Gasteiger partial charge in [0.15, 0.2) is 9.84 Å². The molecule has 1 aliphatic heterocycles. The molecule has 1 fully saturated rings. The number of sulfone groups is 1. The fourth-order valence-corrected chi connectivity index (χ4v) is 4.33. The number of amides is 1. The molecule has 122 valence electrons. The first-order valence-corrected chi connectivity index (χ1v) is 8.91. The highest BCUT2D eigenvalue weighted by atomic mass is 32.2. The molecule has 1 aliphatic rings. The summed E-state index contributed by atoms with van der Waals surface area (Å²) in [6.45, 7) is 1.84.